The van der Waals surface area contributed by atoms with E-state index in [4.69, 9.17) is 16.5 Å². The molecule has 0 aliphatic carbocycles. The van der Waals surface area contributed by atoms with Gasteiger partial charge in [0.2, 0.25) is 0 Å². The largest absolute Gasteiger partial charge is 0.402 e. The zero-order valence-corrected chi connectivity index (χ0v) is 54.0. The van der Waals surface area contributed by atoms with E-state index in [-0.39, 0.29) is 0 Å². The molecule has 1 aliphatic rings. The van der Waals surface area contributed by atoms with Crippen molar-refractivity contribution >= 4 is 136 Å². The van der Waals surface area contributed by atoms with Crippen molar-refractivity contribution in [2.75, 3.05) is 0 Å². The van der Waals surface area contributed by atoms with Gasteiger partial charge in [0, 0.05) is 20.2 Å². The lowest BCUT2D eigenvalue weighted by Gasteiger charge is -2.53. The number of rotatable bonds is 13. The molecule has 13 aromatic carbocycles. The van der Waals surface area contributed by atoms with Gasteiger partial charge in [-0.25, -0.2) is 0 Å². The van der Waals surface area contributed by atoms with Crippen molar-refractivity contribution in [2.24, 2.45) is 0 Å². The highest BCUT2D eigenvalue weighted by atomic mass is 32.1. The highest BCUT2D eigenvalue weighted by molar-refractivity contribution is 7.30. The second-order valence-electron chi connectivity index (χ2n) is 22.4. The zero-order chi connectivity index (χ0) is 58.9. The Morgan fingerprint density at radius 1 is 0.227 bits per heavy atom. The van der Waals surface area contributed by atoms with Gasteiger partial charge in [-0.2, -0.15) is 0 Å². The Hall–Kier alpha value is -9.00. The van der Waals surface area contributed by atoms with E-state index in [9.17, 15) is 0 Å². The Bertz CT molecular complexity index is 4430. The van der Waals surface area contributed by atoms with Crippen LogP contribution in [-0.4, -0.2) is 42.3 Å². The average molecular weight is 1230 g/mol. The lowest BCUT2D eigenvalue weighted by atomic mass is 10.1. The Balaban J connectivity index is 1.03. The molecule has 1 aliphatic heterocycles. The monoisotopic (exact) mass is 1230 g/mol. The number of hydrogen-bond donors (Lipinski definition) is 0. The van der Waals surface area contributed by atoms with Crippen molar-refractivity contribution in [1.29, 1.82) is 0 Å². The third-order valence-electron chi connectivity index (χ3n) is 17.3. The normalized spacial score (nSPS) is 15.2. The maximum absolute atomic E-state index is 8.95. The Kier molecular flexibility index (Phi) is 14.9. The van der Waals surface area contributed by atoms with Gasteiger partial charge >= 0.3 is 34.2 Å². The minimum atomic E-state index is -4.30. The minimum Gasteiger partial charge on any atom is -0.402 e. The van der Waals surface area contributed by atoms with Crippen LogP contribution in [-0.2, 0) is 16.5 Å². The van der Waals surface area contributed by atoms with Crippen LogP contribution >= 0.6 is 11.3 Å². The molecule has 4 nitrogen and oxygen atoms in total. The highest BCUT2D eigenvalue weighted by Gasteiger charge is 2.68. The topological polar surface area (TPSA) is 36.9 Å². The summed E-state index contributed by atoms with van der Waals surface area (Å²) in [4.78, 5) is 0. The predicted molar refractivity (Wildman–Crippen MR) is 378 cm³/mol. The fraction of sp³-hybridized carbons (Fsp3) is 0. The molecule has 0 amide bonds. The molecule has 0 bridgehead atoms. The summed E-state index contributed by atoms with van der Waals surface area (Å²) < 4.78 is 38.1. The third kappa shape index (κ3) is 9.53. The third-order valence-corrected chi connectivity index (χ3v) is 41.4. The summed E-state index contributed by atoms with van der Waals surface area (Å²) in [6.45, 7) is 0. The smallest absolute Gasteiger partial charge is 0.390 e. The van der Waals surface area contributed by atoms with Crippen LogP contribution in [0.4, 0.5) is 0 Å². The van der Waals surface area contributed by atoms with Crippen LogP contribution in [0.25, 0.3) is 31.3 Å². The first kappa shape index (κ1) is 55.6. The molecule has 0 N–H and O–H groups in total. The Morgan fingerprint density at radius 2 is 0.511 bits per heavy atom. The zero-order valence-electron chi connectivity index (χ0n) is 48.2. The molecule has 1 saturated heterocycles. The van der Waals surface area contributed by atoms with E-state index in [0.717, 1.165) is 52.6 Å². The predicted octanol–water partition coefficient (Wildman–Crippen LogP) is 10.5. The Morgan fingerprint density at radius 3 is 0.909 bits per heavy atom. The van der Waals surface area contributed by atoms with Gasteiger partial charge in [-0.3, -0.25) is 0 Å². The molecule has 2 heterocycles. The van der Waals surface area contributed by atoms with Crippen molar-refractivity contribution in [2.45, 2.75) is 0 Å². The van der Waals surface area contributed by atoms with Crippen LogP contribution in [0.2, 0.25) is 0 Å². The quantitative estimate of drug-likeness (QED) is 0.0852. The number of benzene rings is 13. The minimum absolute atomic E-state index is 0.930. The van der Waals surface area contributed by atoms with Crippen LogP contribution in [0, 0.1) is 0 Å². The summed E-state index contributed by atoms with van der Waals surface area (Å²) in [7, 11) is -19.8. The van der Waals surface area contributed by atoms with E-state index >= 15 is 0 Å². The molecule has 15 rings (SSSR count). The lowest BCUT2D eigenvalue weighted by molar-refractivity contribution is 0.268. The number of thiophene rings is 1. The lowest BCUT2D eigenvalue weighted by Crippen LogP contribution is -2.88. The second-order valence-corrected chi connectivity index (χ2v) is 40.0. The summed E-state index contributed by atoms with van der Waals surface area (Å²) in [5, 5.41) is 15.4. The molecule has 1 fully saturated rings. The molecule has 0 saturated carbocycles. The van der Waals surface area contributed by atoms with Crippen molar-refractivity contribution < 1.29 is 16.5 Å². The fourth-order valence-electron chi connectivity index (χ4n) is 13.3. The summed E-state index contributed by atoms with van der Waals surface area (Å²) in [5.74, 6) is 0. The molecule has 14 aromatic rings. The molecular weight excluding hydrogens is 1170 g/mol. The first-order valence-electron chi connectivity index (χ1n) is 30.0. The van der Waals surface area contributed by atoms with Crippen LogP contribution < -0.4 is 62.2 Å². The molecule has 0 radical (unpaired) electrons. The second kappa shape index (κ2) is 23.6. The molecule has 1 aromatic heterocycles. The summed E-state index contributed by atoms with van der Waals surface area (Å²) >= 11 is 1.91. The highest BCUT2D eigenvalue weighted by Crippen LogP contribution is 2.36. The average Bonchev–Trinajstić information content (AvgIpc) is 0.734. The molecule has 88 heavy (non-hydrogen) atoms. The van der Waals surface area contributed by atoms with Gasteiger partial charge in [0.1, 0.15) is 0 Å². The van der Waals surface area contributed by atoms with Gasteiger partial charge in [-0.1, -0.05) is 358 Å². The van der Waals surface area contributed by atoms with Gasteiger partial charge in [-0.15, -0.1) is 11.3 Å². The first-order valence-corrected chi connectivity index (χ1v) is 40.0. The maximum Gasteiger partial charge on any atom is 0.390 e. The summed E-state index contributed by atoms with van der Waals surface area (Å²) in [5.41, 5.74) is 2.13. The van der Waals surface area contributed by atoms with E-state index in [0.29, 0.717) is 0 Å². The van der Waals surface area contributed by atoms with Crippen molar-refractivity contribution in [1.82, 2.24) is 0 Å². The van der Waals surface area contributed by atoms with Crippen molar-refractivity contribution in [3.8, 4) is 11.1 Å². The molecule has 0 unspecified atom stereocenters. The summed E-state index contributed by atoms with van der Waals surface area (Å²) in [6.07, 6.45) is 0. The molecule has 10 heteroatoms. The van der Waals surface area contributed by atoms with E-state index in [1.165, 1.54) is 40.9 Å². The molecule has 422 valence electrons. The summed E-state index contributed by atoms with van der Waals surface area (Å²) in [6, 6.07) is 132. The van der Waals surface area contributed by atoms with Crippen LogP contribution in [0.15, 0.2) is 364 Å². The van der Waals surface area contributed by atoms with Crippen molar-refractivity contribution in [3.05, 3.63) is 364 Å². The molecule has 0 atom stereocenters. The number of hydrogen-bond acceptors (Lipinski definition) is 5. The molecule has 0 spiro atoms. The van der Waals surface area contributed by atoms with Crippen LogP contribution in [0.5, 0.6) is 0 Å². The van der Waals surface area contributed by atoms with Crippen LogP contribution in [0.3, 0.4) is 0 Å². The van der Waals surface area contributed by atoms with Gasteiger partial charge in [0.05, 0.1) is 0 Å². The SMILES string of the molecule is c1ccc([Si]2(c3ccccc3)O[Si](c3ccccc3)(c3ccccc3)O[Si](c3ccccc3)(c3cccc(-c4cccc([Si](c5ccccc5)(c5ccccc5)c5cccc6c5sc5ccccc56)c4)c3)O[Si](c3ccccc3)(c3ccccc3)O2)cc1. The maximum atomic E-state index is 8.95. The van der Waals surface area contributed by atoms with Gasteiger partial charge < -0.3 is 16.5 Å². The van der Waals surface area contributed by atoms with E-state index < -0.39 is 42.3 Å². The Labute approximate surface area is 523 Å². The molecular formula is C78H60O4SSi5. The van der Waals surface area contributed by atoms with E-state index in [2.05, 4.69) is 364 Å². The van der Waals surface area contributed by atoms with Gasteiger partial charge in [0.15, 0.2) is 8.07 Å². The fourth-order valence-corrected chi connectivity index (χ4v) is 42.5. The van der Waals surface area contributed by atoms with Crippen molar-refractivity contribution in [3.63, 3.8) is 0 Å². The van der Waals surface area contributed by atoms with E-state index in [1.54, 1.807) is 0 Å². The first-order chi connectivity index (χ1) is 43.5. The van der Waals surface area contributed by atoms with E-state index in [1.807, 2.05) is 11.3 Å². The number of fused-ring (bicyclic) bond motifs is 3. The van der Waals surface area contributed by atoms with Gasteiger partial charge in [-0.05, 0) is 79.4 Å². The van der Waals surface area contributed by atoms with Crippen LogP contribution in [0.1, 0.15) is 0 Å². The van der Waals surface area contributed by atoms with Gasteiger partial charge in [0.25, 0.3) is 0 Å². The standard InChI is InChI=1S/C78H60O4SSi5/c1-10-35-63(36-11-1)84(64-37-12-2-13-38-64,77-58-32-56-75-74-55-28-29-57-76(74)83-78(75)77)72-53-30-33-61(59-72)62-34-31-54-73(60-62)88(71-51-26-9-27-52-71)81-86(67-43-18-5-19-44-67,68-45-20-6-21-46-68)79-85(65-39-14-3-15-40-65,66-41-16-4-17-42-66)80-87(82-88,69-47-22-7-23-48-69)70-49-24-8-25-50-70/h1-60H.